The Balaban J connectivity index is 1.49. The first-order chi connectivity index (χ1) is 21.7. The molecule has 2 fully saturated rings. The lowest BCUT2D eigenvalue weighted by atomic mass is 9.79. The van der Waals surface area contributed by atoms with Gasteiger partial charge in [0.05, 0.1) is 30.1 Å². The summed E-state index contributed by atoms with van der Waals surface area (Å²) in [5, 5.41) is 36.7. The summed E-state index contributed by atoms with van der Waals surface area (Å²) in [6.45, 7) is 7.06. The van der Waals surface area contributed by atoms with Gasteiger partial charge in [-0.3, -0.25) is 14.9 Å². The van der Waals surface area contributed by atoms with E-state index in [9.17, 15) is 33.4 Å². The number of aliphatic hydroxyl groups is 2. The van der Waals surface area contributed by atoms with E-state index in [-0.39, 0.29) is 29.3 Å². The van der Waals surface area contributed by atoms with Crippen molar-refractivity contribution in [2.75, 3.05) is 26.3 Å². The van der Waals surface area contributed by atoms with Crippen LogP contribution in [0.25, 0.3) is 0 Å². The molecule has 14 nitrogen and oxygen atoms in total. The minimum atomic E-state index is -3.73. The van der Waals surface area contributed by atoms with Crippen molar-refractivity contribution in [1.29, 1.82) is 0 Å². The summed E-state index contributed by atoms with van der Waals surface area (Å²) in [7, 11) is 0. The van der Waals surface area contributed by atoms with Crippen molar-refractivity contribution < 1.29 is 42.9 Å². The topological polar surface area (TPSA) is 186 Å². The van der Waals surface area contributed by atoms with Crippen molar-refractivity contribution in [2.45, 2.75) is 71.9 Å². The number of fused-ring (bicyclic) bond motifs is 1. The molecule has 2 saturated heterocycles. The number of aliphatic imine (C=N–C) groups is 1. The van der Waals surface area contributed by atoms with Crippen molar-refractivity contribution >= 4 is 58.7 Å². The molecule has 0 aliphatic carbocycles. The molecule has 3 amide bonds. The van der Waals surface area contributed by atoms with E-state index in [1.165, 1.54) is 4.90 Å². The Labute approximate surface area is 283 Å². The minimum absolute atomic E-state index is 0.0691. The van der Waals surface area contributed by atoms with Crippen LogP contribution in [0.15, 0.2) is 35.6 Å². The van der Waals surface area contributed by atoms with Gasteiger partial charge in [-0.2, -0.15) is 8.78 Å². The van der Waals surface area contributed by atoms with Gasteiger partial charge in [-0.25, -0.2) is 9.79 Å². The fraction of sp³-hybridized carbons (Fsp3) is 0.571. The Bertz CT molecular complexity index is 1520. The molecule has 1 spiro atoms. The van der Waals surface area contributed by atoms with E-state index in [2.05, 4.69) is 38.2 Å². The Morgan fingerprint density at radius 3 is 2.62 bits per heavy atom. The number of alkyl carbamates (subject to hydrolysis) is 1. The predicted molar refractivity (Wildman–Crippen MR) is 166 cm³/mol. The van der Waals surface area contributed by atoms with E-state index in [4.69, 9.17) is 44.3 Å². The summed E-state index contributed by atoms with van der Waals surface area (Å²) in [5.41, 5.74) is -1.35. The lowest BCUT2D eigenvalue weighted by molar-refractivity contribution is -0.231. The third kappa shape index (κ3) is 6.45. The normalized spacial score (nSPS) is 27.1. The van der Waals surface area contributed by atoms with Crippen LogP contribution < -0.4 is 31.3 Å². The monoisotopic (exact) mass is 723 g/mol. The predicted octanol–water partition coefficient (Wildman–Crippen LogP) is 1.18. The molecule has 0 unspecified atom stereocenters. The molecule has 0 saturated carbocycles. The number of amides is 3. The summed E-state index contributed by atoms with van der Waals surface area (Å²) in [4.78, 5) is 44.2. The van der Waals surface area contributed by atoms with Gasteiger partial charge in [0.25, 0.3) is 11.8 Å². The number of benzene rings is 1. The number of guanidine groups is 1. The number of hydrogen-bond acceptors (Lipinski definition) is 11. The third-order valence-electron chi connectivity index (χ3n) is 8.61. The lowest BCUT2D eigenvalue weighted by Gasteiger charge is -2.49. The highest BCUT2D eigenvalue weighted by Crippen LogP contribution is 2.45. The Kier molecular flexibility index (Phi) is 8.93. The maximum absolute atomic E-state index is 13.7. The molecule has 258 valence electrons. The van der Waals surface area contributed by atoms with Gasteiger partial charge < -0.3 is 45.9 Å². The molecule has 1 aromatic carbocycles. The summed E-state index contributed by atoms with van der Waals surface area (Å²) < 4.78 is 36.2. The maximum Gasteiger partial charge on any atom is 0.414 e. The molecule has 0 bridgehead atoms. The van der Waals surface area contributed by atoms with Crippen LogP contribution in [-0.2, 0) is 14.9 Å². The van der Waals surface area contributed by atoms with Crippen LogP contribution in [0.5, 0.6) is 5.75 Å². The summed E-state index contributed by atoms with van der Waals surface area (Å²) in [6, 6.07) is 1.24. The highest BCUT2D eigenvalue weighted by molar-refractivity contribution is 6.67. The van der Waals surface area contributed by atoms with Gasteiger partial charge in [-0.05, 0) is 17.9 Å². The molecule has 0 aromatic heterocycles. The van der Waals surface area contributed by atoms with E-state index in [0.29, 0.717) is 19.3 Å². The van der Waals surface area contributed by atoms with Gasteiger partial charge in [-0.15, -0.1) is 0 Å². The van der Waals surface area contributed by atoms with Crippen LogP contribution in [-0.4, -0.2) is 105 Å². The minimum Gasteiger partial charge on any atom is -0.492 e. The zero-order chi connectivity index (χ0) is 34.7. The first-order valence-electron chi connectivity index (χ1n) is 14.4. The molecule has 19 heteroatoms. The number of halogens is 5. The number of para-hydroxylation sites is 1. The highest BCUT2D eigenvalue weighted by Gasteiger charge is 2.74. The number of nitrogens with zero attached hydrogens (tertiary/aromatic N) is 2. The zero-order valence-electron chi connectivity index (χ0n) is 25.4. The number of rotatable bonds is 6. The smallest absolute Gasteiger partial charge is 0.414 e. The van der Waals surface area contributed by atoms with Crippen LogP contribution in [0.3, 0.4) is 0 Å². The van der Waals surface area contributed by atoms with Crippen molar-refractivity contribution in [3.05, 3.63) is 41.7 Å². The van der Waals surface area contributed by atoms with Gasteiger partial charge in [0.1, 0.15) is 18.4 Å². The Hall–Kier alpha value is -3.31. The van der Waals surface area contributed by atoms with Crippen LogP contribution in [0.2, 0.25) is 0 Å². The lowest BCUT2D eigenvalue weighted by Crippen LogP contribution is -2.78. The van der Waals surface area contributed by atoms with Crippen molar-refractivity contribution in [3.63, 3.8) is 0 Å². The second kappa shape index (κ2) is 12.0. The third-order valence-corrected chi connectivity index (χ3v) is 8.93. The quantitative estimate of drug-likeness (QED) is 0.166. The van der Waals surface area contributed by atoms with E-state index >= 15 is 0 Å². The number of carbonyl (C=O) groups is 3. The second-order valence-corrected chi connectivity index (χ2v) is 15.0. The fourth-order valence-corrected chi connectivity index (χ4v) is 6.42. The average molecular weight is 725 g/mol. The second-order valence-electron chi connectivity index (χ2n) is 12.5. The van der Waals surface area contributed by atoms with Gasteiger partial charge >= 0.3 is 12.0 Å². The largest absolute Gasteiger partial charge is 0.492 e. The molecule has 1 aromatic rings. The average Bonchev–Trinajstić information content (AvgIpc) is 3.42. The van der Waals surface area contributed by atoms with E-state index in [0.717, 1.165) is 12.0 Å². The number of nitrogens with one attached hydrogen (secondary N) is 5. The van der Waals surface area contributed by atoms with Gasteiger partial charge in [-0.1, -0.05) is 67.4 Å². The molecular formula is C28H34Cl3F2N7O7. The van der Waals surface area contributed by atoms with Crippen LogP contribution >= 0.6 is 34.8 Å². The summed E-state index contributed by atoms with van der Waals surface area (Å²) in [5.74, 6) is -8.79. The van der Waals surface area contributed by atoms with Gasteiger partial charge in [0, 0.05) is 25.6 Å². The number of alkyl halides is 5. The van der Waals surface area contributed by atoms with Gasteiger partial charge in [0.15, 0.2) is 5.66 Å². The molecule has 4 aliphatic rings. The number of hydrogen-bond donors (Lipinski definition) is 7. The molecule has 4 atom stereocenters. The molecule has 4 heterocycles. The van der Waals surface area contributed by atoms with E-state index in [1.807, 2.05) is 19.9 Å². The fourth-order valence-electron chi connectivity index (χ4n) is 6.26. The molecule has 4 aliphatic heterocycles. The molecule has 47 heavy (non-hydrogen) atoms. The van der Waals surface area contributed by atoms with Crippen LogP contribution in [0.1, 0.15) is 43.1 Å². The number of ether oxygens (including phenoxy) is 2. The van der Waals surface area contributed by atoms with Crippen molar-refractivity contribution in [3.8, 4) is 5.75 Å². The standard InChI is InChI=1S/C28H34Cl3F2N7O7/c1-13-35-19-16(10-34-21(42)25(4,32)33)36-22(38-23(43)47-12-26(29,30)31)40-11-17(28(44,45)27(19,40)39-13)37-20(41)14-6-5-7-15-18(14)46-9-8-24(15,2)3/h5-7,16-17,19,35,39,44-45H,1,8-12H2,2-4H3,(H,34,42)(H,37,41)(H,36,38,43)/t16-,17-,19-,27-/m0/s1. The van der Waals surface area contributed by atoms with E-state index < -0.39 is 70.3 Å². The van der Waals surface area contributed by atoms with Crippen LogP contribution in [0.4, 0.5) is 13.6 Å². The highest BCUT2D eigenvalue weighted by atomic mass is 35.6. The molecule has 5 rings (SSSR count). The summed E-state index contributed by atoms with van der Waals surface area (Å²) in [6.07, 6.45) is -0.441. The molecule has 7 N–H and O–H groups in total. The summed E-state index contributed by atoms with van der Waals surface area (Å²) >= 11 is 17.1. The van der Waals surface area contributed by atoms with Crippen molar-refractivity contribution in [1.82, 2.24) is 31.5 Å². The molecular weight excluding hydrogens is 691 g/mol. The first kappa shape index (κ1) is 35.0. The SMILES string of the molecule is C=C1N[C@H]2[C@H](CNC(=O)C(C)(F)F)N=C(NC(=O)OCC(Cl)(Cl)Cl)N3C[C@H](NC(=O)c4cccc5c4OCCC5(C)C)C(O)(O)[C@]23N1. The van der Waals surface area contributed by atoms with Crippen molar-refractivity contribution in [2.24, 2.45) is 4.99 Å². The Morgan fingerprint density at radius 1 is 1.26 bits per heavy atom. The number of carbonyl (C=O) groups excluding carboxylic acids is 3. The Morgan fingerprint density at radius 2 is 1.96 bits per heavy atom. The molecule has 0 radical (unpaired) electrons. The zero-order valence-corrected chi connectivity index (χ0v) is 27.7. The first-order valence-corrected chi connectivity index (χ1v) is 15.6. The maximum atomic E-state index is 13.7. The van der Waals surface area contributed by atoms with Crippen LogP contribution in [0, 0.1) is 0 Å². The van der Waals surface area contributed by atoms with Gasteiger partial charge in [0.2, 0.25) is 15.5 Å². The van der Waals surface area contributed by atoms with E-state index in [1.54, 1.807) is 12.1 Å².